The highest BCUT2D eigenvalue weighted by atomic mass is 19.4. The van der Waals surface area contributed by atoms with Crippen molar-refractivity contribution in [3.05, 3.63) is 59.5 Å². The SMILES string of the molecule is O=C(/C=C/c1ccc(F)cc1C(F)(F)F)N1CCOC(COn2nnc3cccnc32)C1. The van der Waals surface area contributed by atoms with Gasteiger partial charge >= 0.3 is 6.18 Å². The molecule has 2 aromatic heterocycles. The number of pyridine rings is 1. The van der Waals surface area contributed by atoms with Crippen molar-refractivity contribution in [2.24, 2.45) is 0 Å². The molecule has 0 N–H and O–H groups in total. The van der Waals surface area contributed by atoms with Gasteiger partial charge in [-0.25, -0.2) is 9.37 Å². The van der Waals surface area contributed by atoms with Crippen LogP contribution in [-0.2, 0) is 15.7 Å². The van der Waals surface area contributed by atoms with Crippen molar-refractivity contribution in [3.63, 3.8) is 0 Å². The number of benzene rings is 1. The van der Waals surface area contributed by atoms with Gasteiger partial charge < -0.3 is 14.5 Å². The quantitative estimate of drug-likeness (QED) is 0.438. The highest BCUT2D eigenvalue weighted by molar-refractivity contribution is 5.92. The van der Waals surface area contributed by atoms with E-state index in [1.807, 2.05) is 0 Å². The van der Waals surface area contributed by atoms with E-state index in [-0.39, 0.29) is 31.9 Å². The fourth-order valence-corrected chi connectivity index (χ4v) is 3.19. The third-order valence-corrected chi connectivity index (χ3v) is 4.74. The Morgan fingerprint density at radius 2 is 2.16 bits per heavy atom. The number of nitrogens with zero attached hydrogens (tertiary/aromatic N) is 5. The maximum atomic E-state index is 13.2. The lowest BCUT2D eigenvalue weighted by atomic mass is 10.1. The van der Waals surface area contributed by atoms with Gasteiger partial charge in [0.25, 0.3) is 0 Å². The van der Waals surface area contributed by atoms with Gasteiger partial charge in [-0.2, -0.15) is 13.2 Å². The maximum absolute atomic E-state index is 13.2. The molecule has 1 saturated heterocycles. The van der Waals surface area contributed by atoms with Gasteiger partial charge in [0.15, 0.2) is 0 Å². The second kappa shape index (κ2) is 8.91. The molecule has 32 heavy (non-hydrogen) atoms. The predicted octanol–water partition coefficient (Wildman–Crippen LogP) is 2.35. The molecule has 0 spiro atoms. The molecule has 12 heteroatoms. The number of alkyl halides is 3. The minimum atomic E-state index is -4.74. The molecular weight excluding hydrogens is 434 g/mol. The van der Waals surface area contributed by atoms with Crippen molar-refractivity contribution in [1.29, 1.82) is 0 Å². The fourth-order valence-electron chi connectivity index (χ4n) is 3.19. The van der Waals surface area contributed by atoms with E-state index < -0.39 is 29.6 Å². The Balaban J connectivity index is 1.39. The number of fused-ring (bicyclic) bond motifs is 1. The third kappa shape index (κ3) is 4.85. The second-order valence-corrected chi connectivity index (χ2v) is 6.94. The smallest absolute Gasteiger partial charge is 0.391 e. The third-order valence-electron chi connectivity index (χ3n) is 4.74. The largest absolute Gasteiger partial charge is 0.417 e. The molecule has 1 atom stereocenters. The highest BCUT2D eigenvalue weighted by Crippen LogP contribution is 2.33. The molecule has 0 bridgehead atoms. The monoisotopic (exact) mass is 451 g/mol. The Kier molecular flexibility index (Phi) is 6.04. The minimum Gasteiger partial charge on any atom is -0.391 e. The Morgan fingerprint density at radius 3 is 2.97 bits per heavy atom. The molecule has 1 fully saturated rings. The van der Waals surface area contributed by atoms with Crippen molar-refractivity contribution in [1.82, 2.24) is 25.0 Å². The number of morpholine rings is 1. The van der Waals surface area contributed by atoms with Crippen molar-refractivity contribution < 1.29 is 31.9 Å². The molecule has 0 radical (unpaired) electrons. The molecule has 4 rings (SSSR count). The zero-order chi connectivity index (χ0) is 22.7. The summed E-state index contributed by atoms with van der Waals surface area (Å²) >= 11 is 0. The zero-order valence-corrected chi connectivity index (χ0v) is 16.5. The van der Waals surface area contributed by atoms with E-state index in [0.29, 0.717) is 17.2 Å². The first kappa shape index (κ1) is 21.7. The van der Waals surface area contributed by atoms with Crippen LogP contribution in [0.4, 0.5) is 17.6 Å². The number of hydrogen-bond acceptors (Lipinski definition) is 6. The molecule has 0 aliphatic carbocycles. The van der Waals surface area contributed by atoms with E-state index in [1.54, 1.807) is 18.3 Å². The second-order valence-electron chi connectivity index (χ2n) is 6.94. The van der Waals surface area contributed by atoms with Crippen LogP contribution in [0.3, 0.4) is 0 Å². The molecule has 8 nitrogen and oxygen atoms in total. The summed E-state index contributed by atoms with van der Waals surface area (Å²) in [6, 6.07) is 5.73. The summed E-state index contributed by atoms with van der Waals surface area (Å²) < 4.78 is 58.2. The molecule has 1 unspecified atom stereocenters. The number of amides is 1. The lowest BCUT2D eigenvalue weighted by molar-refractivity contribution is -0.138. The van der Waals surface area contributed by atoms with Crippen LogP contribution in [0.5, 0.6) is 0 Å². The molecule has 3 heterocycles. The van der Waals surface area contributed by atoms with E-state index in [2.05, 4.69) is 15.3 Å². The summed E-state index contributed by atoms with van der Waals surface area (Å²) in [5, 5.41) is 7.76. The fraction of sp³-hybridized carbons (Fsp3) is 0.300. The first-order chi connectivity index (χ1) is 15.3. The molecule has 1 aromatic carbocycles. The van der Waals surface area contributed by atoms with Gasteiger partial charge in [0.2, 0.25) is 11.6 Å². The standard InChI is InChI=1S/C20H17F4N5O3/c21-14-5-3-13(16(10-14)20(22,23)24)4-6-18(30)28-8-9-31-15(11-28)12-32-29-19-17(26-27-29)2-1-7-25-19/h1-7,10,15H,8-9,11-12H2/b6-4+. The predicted molar refractivity (Wildman–Crippen MR) is 104 cm³/mol. The van der Waals surface area contributed by atoms with Gasteiger partial charge in [0, 0.05) is 18.8 Å². The number of rotatable bonds is 5. The van der Waals surface area contributed by atoms with Gasteiger partial charge in [-0.3, -0.25) is 4.79 Å². The van der Waals surface area contributed by atoms with Crippen LogP contribution in [0.1, 0.15) is 11.1 Å². The van der Waals surface area contributed by atoms with Crippen molar-refractivity contribution in [2.75, 3.05) is 26.3 Å². The van der Waals surface area contributed by atoms with Gasteiger partial charge in [-0.05, 0) is 41.1 Å². The first-order valence-corrected chi connectivity index (χ1v) is 9.56. The lowest BCUT2D eigenvalue weighted by Crippen LogP contribution is -2.47. The van der Waals surface area contributed by atoms with Crippen molar-refractivity contribution >= 4 is 23.1 Å². The normalized spacial score (nSPS) is 17.2. The number of carbonyl (C=O) groups excluding carboxylic acids is 1. The topological polar surface area (TPSA) is 82.4 Å². The Bertz CT molecular complexity index is 1150. The Morgan fingerprint density at radius 1 is 1.31 bits per heavy atom. The van der Waals surface area contributed by atoms with Crippen LogP contribution in [0, 0.1) is 5.82 Å². The van der Waals surface area contributed by atoms with Gasteiger partial charge in [-0.1, -0.05) is 10.9 Å². The molecule has 3 aromatic rings. The maximum Gasteiger partial charge on any atom is 0.417 e. The summed E-state index contributed by atoms with van der Waals surface area (Å²) in [5.74, 6) is -1.50. The summed E-state index contributed by atoms with van der Waals surface area (Å²) in [4.78, 5) is 24.8. The first-order valence-electron chi connectivity index (χ1n) is 9.56. The van der Waals surface area contributed by atoms with Crippen LogP contribution in [0.15, 0.2) is 42.6 Å². The van der Waals surface area contributed by atoms with Crippen molar-refractivity contribution in [3.8, 4) is 0 Å². The summed E-state index contributed by atoms with van der Waals surface area (Å²) in [7, 11) is 0. The van der Waals surface area contributed by atoms with Crippen molar-refractivity contribution in [2.45, 2.75) is 12.3 Å². The highest BCUT2D eigenvalue weighted by Gasteiger charge is 2.33. The Hall–Kier alpha value is -3.54. The Labute approximate surface area is 179 Å². The summed E-state index contributed by atoms with van der Waals surface area (Å²) in [6.45, 7) is 0.717. The van der Waals surface area contributed by atoms with Crippen LogP contribution in [-0.4, -0.2) is 63.4 Å². The van der Waals surface area contributed by atoms with E-state index in [1.165, 1.54) is 4.90 Å². The van der Waals surface area contributed by atoms with Gasteiger partial charge in [0.05, 0.1) is 18.7 Å². The summed E-state index contributed by atoms with van der Waals surface area (Å²) in [6.07, 6.45) is -1.60. The molecular formula is C20H17F4N5O3. The van der Waals surface area contributed by atoms with E-state index in [0.717, 1.165) is 29.1 Å². The van der Waals surface area contributed by atoms with Crippen LogP contribution in [0.2, 0.25) is 0 Å². The van der Waals surface area contributed by atoms with Crippen LogP contribution in [0.25, 0.3) is 17.2 Å². The average molecular weight is 451 g/mol. The van der Waals surface area contributed by atoms with Gasteiger partial charge in [-0.15, -0.1) is 5.10 Å². The average Bonchev–Trinajstić information content (AvgIpc) is 3.19. The summed E-state index contributed by atoms with van der Waals surface area (Å²) in [5.41, 5.74) is -0.466. The van der Waals surface area contributed by atoms with E-state index in [4.69, 9.17) is 9.57 Å². The zero-order valence-electron chi connectivity index (χ0n) is 16.5. The number of ether oxygens (including phenoxy) is 1. The molecule has 1 aliphatic rings. The van der Waals surface area contributed by atoms with Gasteiger partial charge in [0.1, 0.15) is 24.0 Å². The number of halogens is 4. The lowest BCUT2D eigenvalue weighted by Gasteiger charge is -2.31. The molecule has 1 amide bonds. The number of hydrogen-bond donors (Lipinski definition) is 0. The molecule has 0 saturated carbocycles. The van der Waals surface area contributed by atoms with E-state index in [9.17, 15) is 22.4 Å². The minimum absolute atomic E-state index is 0.0543. The van der Waals surface area contributed by atoms with E-state index >= 15 is 0 Å². The van der Waals surface area contributed by atoms with Crippen LogP contribution >= 0.6 is 0 Å². The number of carbonyl (C=O) groups is 1. The number of aromatic nitrogens is 4. The molecule has 1 aliphatic heterocycles. The molecule has 168 valence electrons. The van der Waals surface area contributed by atoms with Crippen LogP contribution < -0.4 is 4.84 Å².